The van der Waals surface area contributed by atoms with E-state index in [0.29, 0.717) is 0 Å². The minimum absolute atomic E-state index is 0.0285. The molecular weight excluding hydrogens is 1580 g/mol. The Labute approximate surface area is 662 Å². The topological polar surface area (TPSA) is 877 Å². The monoisotopic (exact) mass is 1690 g/mol. The Bertz CT molecular complexity index is 3040. The second kappa shape index (κ2) is 68.0. The molecule has 50 nitrogen and oxygen atoms in total. The molecule has 0 aliphatic rings. The van der Waals surface area contributed by atoms with E-state index in [9.17, 15) is 86.6 Å². The maximum atomic E-state index is 12.3. The highest BCUT2D eigenvalue weighted by atomic mass is 16.6. The summed E-state index contributed by atoms with van der Waals surface area (Å²) in [5.41, 5.74) is 34.0. The van der Waals surface area contributed by atoms with E-state index in [1.165, 1.54) is 20.8 Å². The van der Waals surface area contributed by atoms with Crippen molar-refractivity contribution in [3.05, 3.63) is 37.0 Å². The first kappa shape index (κ1) is 117. The molecule has 0 aromatic rings. The van der Waals surface area contributed by atoms with Gasteiger partial charge in [-0.05, 0) is 27.7 Å². The molecule has 29 N–H and O–H groups in total. The van der Waals surface area contributed by atoms with Gasteiger partial charge in [0.1, 0.15) is 125 Å². The van der Waals surface area contributed by atoms with Gasteiger partial charge in [-0.1, -0.05) is 19.7 Å². The lowest BCUT2D eigenvalue weighted by atomic mass is 9.95. The predicted molar refractivity (Wildman–Crippen MR) is 384 cm³/mol. The Balaban J connectivity index is -0.000000323. The molecule has 668 valence electrons. The van der Waals surface area contributed by atoms with Gasteiger partial charge < -0.3 is 174 Å². The van der Waals surface area contributed by atoms with Gasteiger partial charge in [0.2, 0.25) is 5.78 Å². The number of aliphatic carboxylic acids is 5. The van der Waals surface area contributed by atoms with Crippen LogP contribution in [0.3, 0.4) is 0 Å². The van der Waals surface area contributed by atoms with Crippen molar-refractivity contribution >= 4 is 101 Å². The molecule has 0 heterocycles. The highest BCUT2D eigenvalue weighted by Gasteiger charge is 2.44. The van der Waals surface area contributed by atoms with Gasteiger partial charge in [0, 0.05) is 25.7 Å². The second-order valence-corrected chi connectivity index (χ2v) is 23.8. The SMILES string of the molecule is C=C(CCC(=O)OC(CO)CO)OC[C@H](N)C(=O)O.C=C(CCC(=O)OCC(O)CO)OC[C@H](N)C(=O)O.C=C(O)C(N)COC(=O)C(O)(CC(=O)OCC(N)C(=O)O)CC(=O)OCC(N)C(=O)O.CC(=O)CCC(=O)O.CC(=O)[C@@H](N)COC(=O)CC(C)OC(CO)CO.CC(=O)[C@@H](N)COC(=O)CCC(=O)C(=O)OC(CO)CO. The van der Waals surface area contributed by atoms with E-state index in [1.54, 1.807) is 6.92 Å². The summed E-state index contributed by atoms with van der Waals surface area (Å²) in [6.45, 7) is 8.84. The van der Waals surface area contributed by atoms with Crippen LogP contribution in [0.15, 0.2) is 37.0 Å². The number of Topliss-reactive ketones (excluding diaryl/α,β-unsaturated/α-hetero) is 4. The molecule has 0 bridgehead atoms. The summed E-state index contributed by atoms with van der Waals surface area (Å²) in [5.74, 6) is -16.0. The molecule has 0 amide bonds. The summed E-state index contributed by atoms with van der Waals surface area (Å²) < 4.78 is 52.1. The maximum absolute atomic E-state index is 12.3. The minimum Gasteiger partial charge on any atom is -0.511 e. The first-order chi connectivity index (χ1) is 53.8. The predicted octanol–water partition coefficient (Wildman–Crippen LogP) is -9.71. The molecule has 0 aliphatic heterocycles. The Kier molecular flexibility index (Phi) is 68.4. The molecule has 0 aromatic heterocycles. The highest BCUT2D eigenvalue weighted by Crippen LogP contribution is 2.21. The first-order valence-corrected chi connectivity index (χ1v) is 33.9. The van der Waals surface area contributed by atoms with Crippen LogP contribution in [0.2, 0.25) is 0 Å². The standard InChI is InChI=1S/C16H25N3O12.C12H19NO8.2C11H19NO7.C11H21NO6.C5H8O3/c1-7(20)8(17)4-31-15(27)16(28,2-11(21)29-5-9(18)13(23)24)3-12(22)30-6-10(19)14(25)26;1-7(16)9(13)6-20-11(18)3-2-10(17)12(19)21-8(4-14)5-15;1-7(18-6-9(12)11(16)17)2-3-10(15)19-5-8(14)4-13;1-7(18-6-9(12)11(16)17)2-3-10(15)19-8(4-13)5-14;1-7(18-9(4-13)5-14)3-11(16)17-6-10(12)8(2)15;1-4(6)2-3-5(7)8/h8-10,20,28H,1-6,17-19H2,(H,23,24)(H,25,26);8-9,14-15H,2-6,13H2,1H3;2*8-9,13-14H,1-6,12H2,(H,16,17);7,9-10,13-14H,3-6,12H2,1-2H3;2-3H2,1H3,(H,7,8)/t;9-;8?,9-;9-;7?,10-;/m.0000./s1. The smallest absolute Gasteiger partial charge is 0.375 e. The van der Waals surface area contributed by atoms with Crippen LogP contribution < -0.4 is 40.1 Å². The third kappa shape index (κ3) is 67.1. The van der Waals surface area contributed by atoms with E-state index >= 15 is 0 Å². The Morgan fingerprint density at radius 1 is 0.362 bits per heavy atom. The molecule has 0 aliphatic carbocycles. The number of allylic oxidation sites excluding steroid dienone is 2. The number of carbonyl (C=O) groups excluding carboxylic acids is 12. The van der Waals surface area contributed by atoms with Crippen LogP contribution in [0.5, 0.6) is 0 Å². The number of carboxylic acid groups (broad SMARTS) is 5. The number of rotatable bonds is 56. The lowest BCUT2D eigenvalue weighted by Gasteiger charge is -2.25. The van der Waals surface area contributed by atoms with Crippen LogP contribution in [0, 0.1) is 0 Å². The van der Waals surface area contributed by atoms with Gasteiger partial charge in [-0.15, -0.1) is 0 Å². The molecule has 0 fully saturated rings. The molecule has 0 saturated heterocycles. The number of nitrogens with two attached hydrogens (primary N) is 7. The van der Waals surface area contributed by atoms with E-state index in [-0.39, 0.29) is 126 Å². The van der Waals surface area contributed by atoms with Gasteiger partial charge in [0.15, 0.2) is 5.60 Å². The number of carbonyl (C=O) groups is 17. The van der Waals surface area contributed by atoms with E-state index in [4.69, 9.17) is 135 Å². The van der Waals surface area contributed by atoms with Gasteiger partial charge in [-0.2, -0.15) is 0 Å². The average molecular weight is 1690 g/mol. The van der Waals surface area contributed by atoms with E-state index in [0.717, 1.165) is 0 Å². The van der Waals surface area contributed by atoms with Gasteiger partial charge >= 0.3 is 77.6 Å². The minimum atomic E-state index is -2.87. The van der Waals surface area contributed by atoms with Gasteiger partial charge in [0.25, 0.3) is 0 Å². The molecule has 9 atom stereocenters. The number of carboxylic acids is 5. The number of aliphatic hydroxyl groups is 10. The van der Waals surface area contributed by atoms with Crippen LogP contribution in [-0.2, 0) is 134 Å². The summed E-state index contributed by atoms with van der Waals surface area (Å²) >= 11 is 0. The van der Waals surface area contributed by atoms with Crippen LogP contribution in [-0.4, -0.2) is 355 Å². The van der Waals surface area contributed by atoms with Crippen molar-refractivity contribution in [1.29, 1.82) is 0 Å². The van der Waals surface area contributed by atoms with Crippen molar-refractivity contribution in [1.82, 2.24) is 0 Å². The van der Waals surface area contributed by atoms with Crippen LogP contribution in [0.4, 0.5) is 0 Å². The quantitative estimate of drug-likeness (QED) is 0.0116. The molecule has 0 radical (unpaired) electrons. The fourth-order valence-electron chi connectivity index (χ4n) is 6.00. The molecule has 50 heteroatoms. The number of aliphatic hydroxyl groups excluding tert-OH is 9. The molecule has 0 rings (SSSR count). The third-order valence-corrected chi connectivity index (χ3v) is 13.0. The largest absolute Gasteiger partial charge is 0.511 e. The molecule has 0 saturated carbocycles. The normalized spacial score (nSPS) is 13.3. The van der Waals surface area contributed by atoms with Crippen molar-refractivity contribution in [2.24, 2.45) is 40.1 Å². The van der Waals surface area contributed by atoms with Crippen LogP contribution in [0.25, 0.3) is 0 Å². The Hall–Kier alpha value is -10.3. The van der Waals surface area contributed by atoms with Crippen LogP contribution >= 0.6 is 0 Å². The first-order valence-electron chi connectivity index (χ1n) is 33.9. The number of ketones is 4. The summed E-state index contributed by atoms with van der Waals surface area (Å²) in [6, 6.07) is -8.45. The fourth-order valence-corrected chi connectivity index (χ4v) is 6.00. The van der Waals surface area contributed by atoms with Gasteiger partial charge in [0.05, 0.1) is 127 Å². The van der Waals surface area contributed by atoms with Crippen molar-refractivity contribution in [2.75, 3.05) is 99.1 Å². The maximum Gasteiger partial charge on any atom is 0.375 e. The molecule has 116 heavy (non-hydrogen) atoms. The van der Waals surface area contributed by atoms with E-state index in [2.05, 4.69) is 48.2 Å². The van der Waals surface area contributed by atoms with Crippen molar-refractivity contribution in [2.45, 2.75) is 177 Å². The molecular formula is C66H111N7O43. The average Bonchev–Trinajstić information content (AvgIpc) is 0.833. The summed E-state index contributed by atoms with van der Waals surface area (Å²) in [7, 11) is 0. The fraction of sp³-hybridized carbons (Fsp3) is 0.652. The Morgan fingerprint density at radius 2 is 0.690 bits per heavy atom. The summed E-state index contributed by atoms with van der Waals surface area (Å²) in [4.78, 5) is 187. The summed E-state index contributed by atoms with van der Waals surface area (Å²) in [6.07, 6.45) is -7.37. The second-order valence-electron chi connectivity index (χ2n) is 23.8. The Morgan fingerprint density at radius 3 is 1.03 bits per heavy atom. The molecule has 5 unspecified atom stereocenters. The third-order valence-electron chi connectivity index (χ3n) is 13.0. The zero-order valence-electron chi connectivity index (χ0n) is 64.1. The van der Waals surface area contributed by atoms with Crippen molar-refractivity contribution in [3.63, 3.8) is 0 Å². The zero-order valence-corrected chi connectivity index (χ0v) is 64.1. The lowest BCUT2D eigenvalue weighted by molar-refractivity contribution is -0.178. The summed E-state index contributed by atoms with van der Waals surface area (Å²) in [5, 5.41) is 132. The van der Waals surface area contributed by atoms with Gasteiger partial charge in [-0.3, -0.25) is 67.1 Å². The highest BCUT2D eigenvalue weighted by molar-refractivity contribution is 6.33. The number of hydrogen-bond acceptors (Lipinski definition) is 45. The number of ether oxygens (including phenoxy) is 11. The number of hydrogen-bond donors (Lipinski definition) is 22. The van der Waals surface area contributed by atoms with Crippen LogP contribution in [0.1, 0.15) is 98.3 Å². The lowest BCUT2D eigenvalue weighted by Crippen LogP contribution is -2.47. The zero-order chi connectivity index (χ0) is 91.1. The van der Waals surface area contributed by atoms with Gasteiger partial charge in [-0.25, -0.2) is 9.59 Å². The van der Waals surface area contributed by atoms with Crippen molar-refractivity contribution in [3.8, 4) is 0 Å². The number of esters is 8. The van der Waals surface area contributed by atoms with E-state index in [1.807, 2.05) is 0 Å². The van der Waals surface area contributed by atoms with E-state index < -0.39 is 240 Å². The van der Waals surface area contributed by atoms with Crippen molar-refractivity contribution < 1.29 is 210 Å². The molecule has 0 aromatic carbocycles. The molecule has 0 spiro atoms.